The molecule has 0 aliphatic carbocycles. The number of nitriles is 1. The highest BCUT2D eigenvalue weighted by atomic mass is 19.1. The predicted octanol–water partition coefficient (Wildman–Crippen LogP) is 2.63. The Kier molecular flexibility index (Phi) is 6.03. The molecule has 0 N–H and O–H groups in total. The molecule has 0 atom stereocenters. The molecule has 0 bridgehead atoms. The highest BCUT2D eigenvalue weighted by molar-refractivity contribution is 5.96. The maximum absolute atomic E-state index is 12.7. The Morgan fingerprint density at radius 1 is 1.33 bits per heavy atom. The van der Waals surface area contributed by atoms with E-state index in [4.69, 9.17) is 5.26 Å². The summed E-state index contributed by atoms with van der Waals surface area (Å²) in [5, 5.41) is 8.51. The van der Waals surface area contributed by atoms with Gasteiger partial charge in [-0.05, 0) is 30.8 Å². The van der Waals surface area contributed by atoms with Gasteiger partial charge in [0, 0.05) is 31.5 Å². The van der Waals surface area contributed by atoms with Crippen molar-refractivity contribution in [2.75, 3.05) is 19.6 Å². The van der Waals surface area contributed by atoms with Gasteiger partial charge >= 0.3 is 0 Å². The Balaban J connectivity index is 2.45. The zero-order valence-electron chi connectivity index (χ0n) is 10.5. The lowest BCUT2D eigenvalue weighted by molar-refractivity contribution is 0.0965. The van der Waals surface area contributed by atoms with Crippen LogP contribution in [-0.2, 0) is 0 Å². The molecule has 0 aromatic heterocycles. The minimum atomic E-state index is -0.337. The molecular formula is C14H17FN2O. The van der Waals surface area contributed by atoms with Crippen molar-refractivity contribution in [2.45, 2.75) is 19.8 Å². The summed E-state index contributed by atoms with van der Waals surface area (Å²) in [6, 6.07) is 7.68. The van der Waals surface area contributed by atoms with Crippen LogP contribution < -0.4 is 0 Å². The molecule has 3 nitrogen and oxygen atoms in total. The van der Waals surface area contributed by atoms with E-state index in [9.17, 15) is 9.18 Å². The van der Waals surface area contributed by atoms with Crippen molar-refractivity contribution >= 4 is 5.78 Å². The van der Waals surface area contributed by atoms with E-state index < -0.39 is 0 Å². The molecule has 96 valence electrons. The van der Waals surface area contributed by atoms with E-state index in [1.807, 2.05) is 6.92 Å². The first kappa shape index (κ1) is 14.3. The van der Waals surface area contributed by atoms with Crippen LogP contribution in [0.15, 0.2) is 24.3 Å². The smallest absolute Gasteiger partial charge is 0.164 e. The van der Waals surface area contributed by atoms with Crippen LogP contribution in [0.1, 0.15) is 30.1 Å². The molecule has 0 radical (unpaired) electrons. The molecule has 0 aliphatic rings. The molecular weight excluding hydrogens is 231 g/mol. The molecule has 4 heteroatoms. The molecule has 0 aliphatic heterocycles. The van der Waals surface area contributed by atoms with Crippen LogP contribution >= 0.6 is 0 Å². The first-order valence-corrected chi connectivity index (χ1v) is 6.05. The molecule has 0 heterocycles. The summed E-state index contributed by atoms with van der Waals surface area (Å²) in [4.78, 5) is 13.9. The molecule has 0 amide bonds. The van der Waals surface area contributed by atoms with E-state index in [-0.39, 0.29) is 11.6 Å². The first-order chi connectivity index (χ1) is 8.67. The van der Waals surface area contributed by atoms with Crippen LogP contribution in [0, 0.1) is 17.1 Å². The van der Waals surface area contributed by atoms with E-state index in [0.717, 1.165) is 6.54 Å². The Labute approximate surface area is 107 Å². The van der Waals surface area contributed by atoms with Crippen LogP contribution in [0.5, 0.6) is 0 Å². The van der Waals surface area contributed by atoms with Gasteiger partial charge in [-0.15, -0.1) is 0 Å². The minimum Gasteiger partial charge on any atom is -0.302 e. The average molecular weight is 248 g/mol. The molecule has 0 spiro atoms. The lowest BCUT2D eigenvalue weighted by atomic mass is 10.1. The van der Waals surface area contributed by atoms with Gasteiger partial charge < -0.3 is 4.90 Å². The van der Waals surface area contributed by atoms with E-state index in [1.54, 1.807) is 0 Å². The monoisotopic (exact) mass is 248 g/mol. The number of hydrogen-bond acceptors (Lipinski definition) is 3. The SMILES string of the molecule is CCN(CCC#N)CCC(=O)c1ccc(F)cc1. The summed E-state index contributed by atoms with van der Waals surface area (Å²) in [7, 11) is 0. The number of hydrogen-bond donors (Lipinski definition) is 0. The molecule has 1 aromatic rings. The quantitative estimate of drug-likeness (QED) is 0.697. The number of ketones is 1. The van der Waals surface area contributed by atoms with Crippen LogP contribution in [0.4, 0.5) is 4.39 Å². The normalized spacial score (nSPS) is 10.3. The van der Waals surface area contributed by atoms with Gasteiger partial charge in [0.05, 0.1) is 6.07 Å². The molecule has 1 rings (SSSR count). The maximum Gasteiger partial charge on any atom is 0.164 e. The molecule has 18 heavy (non-hydrogen) atoms. The lowest BCUT2D eigenvalue weighted by Gasteiger charge is -2.18. The van der Waals surface area contributed by atoms with Gasteiger partial charge in [0.1, 0.15) is 5.82 Å². The fraction of sp³-hybridized carbons (Fsp3) is 0.429. The summed E-state index contributed by atoms with van der Waals surface area (Å²) in [6.45, 7) is 4.14. The van der Waals surface area contributed by atoms with Crippen molar-refractivity contribution < 1.29 is 9.18 Å². The summed E-state index contributed by atoms with van der Waals surface area (Å²) < 4.78 is 12.7. The third-order valence-corrected chi connectivity index (χ3v) is 2.81. The van der Waals surface area contributed by atoms with Crippen molar-refractivity contribution in [1.82, 2.24) is 4.90 Å². The van der Waals surface area contributed by atoms with Crippen molar-refractivity contribution in [1.29, 1.82) is 5.26 Å². The fourth-order valence-corrected chi connectivity index (χ4v) is 1.68. The Morgan fingerprint density at radius 2 is 2.00 bits per heavy atom. The molecule has 1 aromatic carbocycles. The zero-order chi connectivity index (χ0) is 13.4. The Morgan fingerprint density at radius 3 is 2.56 bits per heavy atom. The Hall–Kier alpha value is -1.73. The third-order valence-electron chi connectivity index (χ3n) is 2.81. The number of nitrogens with zero attached hydrogens (tertiary/aromatic N) is 2. The number of halogens is 1. The van der Waals surface area contributed by atoms with E-state index >= 15 is 0 Å². The third kappa shape index (κ3) is 4.64. The number of rotatable bonds is 7. The van der Waals surface area contributed by atoms with Gasteiger partial charge in [-0.25, -0.2) is 4.39 Å². The fourth-order valence-electron chi connectivity index (χ4n) is 1.68. The standard InChI is InChI=1S/C14H17FN2O/c1-2-17(10-3-9-16)11-8-14(18)12-4-6-13(15)7-5-12/h4-7H,2-3,8,10-11H2,1H3. The molecule has 0 saturated carbocycles. The summed E-state index contributed by atoms with van der Waals surface area (Å²) in [6.07, 6.45) is 0.865. The second kappa shape index (κ2) is 7.57. The van der Waals surface area contributed by atoms with Gasteiger partial charge in [-0.3, -0.25) is 4.79 Å². The van der Waals surface area contributed by atoms with E-state index in [1.165, 1.54) is 24.3 Å². The van der Waals surface area contributed by atoms with Crippen molar-refractivity contribution in [3.8, 4) is 6.07 Å². The van der Waals surface area contributed by atoms with E-state index in [2.05, 4.69) is 11.0 Å². The topological polar surface area (TPSA) is 44.1 Å². The van der Waals surface area contributed by atoms with Gasteiger partial charge in [0.15, 0.2) is 5.78 Å². The molecule has 0 unspecified atom stereocenters. The molecule has 0 saturated heterocycles. The van der Waals surface area contributed by atoms with Gasteiger partial charge in [0.2, 0.25) is 0 Å². The second-order valence-electron chi connectivity index (χ2n) is 4.02. The van der Waals surface area contributed by atoms with Gasteiger partial charge in [-0.1, -0.05) is 6.92 Å². The lowest BCUT2D eigenvalue weighted by Crippen LogP contribution is -2.27. The highest BCUT2D eigenvalue weighted by Gasteiger charge is 2.08. The van der Waals surface area contributed by atoms with Crippen LogP contribution in [0.3, 0.4) is 0 Å². The van der Waals surface area contributed by atoms with Crippen LogP contribution in [-0.4, -0.2) is 30.3 Å². The van der Waals surface area contributed by atoms with Gasteiger partial charge in [0.25, 0.3) is 0 Å². The van der Waals surface area contributed by atoms with Gasteiger partial charge in [-0.2, -0.15) is 5.26 Å². The van der Waals surface area contributed by atoms with E-state index in [0.29, 0.717) is 31.5 Å². The first-order valence-electron chi connectivity index (χ1n) is 6.05. The van der Waals surface area contributed by atoms with Crippen LogP contribution in [0.25, 0.3) is 0 Å². The summed E-state index contributed by atoms with van der Waals surface area (Å²) in [5.74, 6) is -0.332. The predicted molar refractivity (Wildman–Crippen MR) is 67.7 cm³/mol. The summed E-state index contributed by atoms with van der Waals surface area (Å²) in [5.41, 5.74) is 0.535. The average Bonchev–Trinajstić information content (AvgIpc) is 2.39. The van der Waals surface area contributed by atoms with Crippen LogP contribution in [0.2, 0.25) is 0 Å². The number of Topliss-reactive ketones (excluding diaryl/α,β-unsaturated/α-hetero) is 1. The number of benzene rings is 1. The molecule has 0 fully saturated rings. The number of carbonyl (C=O) groups excluding carboxylic acids is 1. The maximum atomic E-state index is 12.7. The number of carbonyl (C=O) groups is 1. The minimum absolute atomic E-state index is 0.00501. The zero-order valence-corrected chi connectivity index (χ0v) is 10.5. The highest BCUT2D eigenvalue weighted by Crippen LogP contribution is 2.06. The Bertz CT molecular complexity index is 422. The van der Waals surface area contributed by atoms with Crippen molar-refractivity contribution in [2.24, 2.45) is 0 Å². The summed E-state index contributed by atoms with van der Waals surface area (Å²) >= 11 is 0. The van der Waals surface area contributed by atoms with Crippen molar-refractivity contribution in [3.63, 3.8) is 0 Å². The largest absolute Gasteiger partial charge is 0.302 e. The second-order valence-corrected chi connectivity index (χ2v) is 4.02. The van der Waals surface area contributed by atoms with Crippen molar-refractivity contribution in [3.05, 3.63) is 35.6 Å².